The summed E-state index contributed by atoms with van der Waals surface area (Å²) >= 11 is 3.38. The highest BCUT2D eigenvalue weighted by atomic mass is 79.9. The Kier molecular flexibility index (Phi) is 4.90. The van der Waals surface area contributed by atoms with Gasteiger partial charge in [0.1, 0.15) is 0 Å². The van der Waals surface area contributed by atoms with Crippen LogP contribution >= 0.6 is 15.9 Å². The van der Waals surface area contributed by atoms with Crippen molar-refractivity contribution in [2.45, 2.75) is 19.4 Å². The molecule has 1 rings (SSSR count). The van der Waals surface area contributed by atoms with Gasteiger partial charge in [0.2, 0.25) is 0 Å². The molecule has 0 spiro atoms. The maximum absolute atomic E-state index is 9.54. The van der Waals surface area contributed by atoms with E-state index in [1.54, 1.807) is 20.1 Å². The first-order chi connectivity index (χ1) is 7.92. The van der Waals surface area contributed by atoms with E-state index in [4.69, 9.17) is 5.73 Å². The molecule has 0 atom stereocenters. The van der Waals surface area contributed by atoms with Crippen molar-refractivity contribution in [3.63, 3.8) is 0 Å². The molecule has 3 N–H and O–H groups in total. The molecule has 0 aliphatic heterocycles. The second kappa shape index (κ2) is 5.98. The van der Waals surface area contributed by atoms with E-state index in [0.717, 1.165) is 15.6 Å². The number of nitrogens with two attached hydrogens (primary N) is 1. The largest absolute Gasteiger partial charge is 0.404 e. The molecule has 0 amide bonds. The van der Waals surface area contributed by atoms with Crippen molar-refractivity contribution in [2.24, 2.45) is 10.7 Å². The van der Waals surface area contributed by atoms with Gasteiger partial charge in [0.15, 0.2) is 0 Å². The second-order valence-corrected chi connectivity index (χ2v) is 5.33. The molecule has 1 aromatic rings. The summed E-state index contributed by atoms with van der Waals surface area (Å²) in [4.78, 5) is 4.18. The Bertz CT molecular complexity index is 416. The summed E-state index contributed by atoms with van der Waals surface area (Å²) in [5, 5.41) is 9.54. The molecular formula is C13H17BrN2O. The Balaban J connectivity index is 2.77. The van der Waals surface area contributed by atoms with E-state index < -0.39 is 5.60 Å². The van der Waals surface area contributed by atoms with Gasteiger partial charge in [-0.2, -0.15) is 0 Å². The highest BCUT2D eigenvalue weighted by Gasteiger charge is 2.10. The maximum Gasteiger partial charge on any atom is 0.0786 e. The predicted molar refractivity (Wildman–Crippen MR) is 76.0 cm³/mol. The lowest BCUT2D eigenvalue weighted by Crippen LogP contribution is -2.22. The van der Waals surface area contributed by atoms with Crippen molar-refractivity contribution >= 4 is 27.7 Å². The highest BCUT2D eigenvalue weighted by molar-refractivity contribution is 9.10. The minimum absolute atomic E-state index is 0.348. The number of aliphatic hydroxyl groups is 1. The lowest BCUT2D eigenvalue weighted by molar-refractivity contribution is 0.0906. The standard InChI is InChI=1S/C13H17BrN2O/c1-13(2,17)9-16-8-11(7-15)10-3-5-12(14)6-4-10/h3-8,17H,9,15H2,1-2H3. The van der Waals surface area contributed by atoms with Crippen LogP contribution in [0.2, 0.25) is 0 Å². The van der Waals surface area contributed by atoms with Crippen LogP contribution in [-0.2, 0) is 0 Å². The SMILES string of the molecule is CC(C)(O)CN=CC(=CN)c1ccc(Br)cc1. The van der Waals surface area contributed by atoms with Gasteiger partial charge < -0.3 is 10.8 Å². The van der Waals surface area contributed by atoms with Crippen LogP contribution in [0, 0.1) is 0 Å². The smallest absolute Gasteiger partial charge is 0.0786 e. The van der Waals surface area contributed by atoms with Crippen molar-refractivity contribution in [3.05, 3.63) is 40.5 Å². The normalized spacial score (nSPS) is 13.3. The molecule has 92 valence electrons. The third kappa shape index (κ3) is 5.15. The molecule has 0 heterocycles. The number of nitrogens with zero attached hydrogens (tertiary/aromatic N) is 1. The van der Waals surface area contributed by atoms with Gasteiger partial charge in [-0.1, -0.05) is 28.1 Å². The lowest BCUT2D eigenvalue weighted by atomic mass is 10.1. The van der Waals surface area contributed by atoms with E-state index in [1.165, 1.54) is 6.20 Å². The molecule has 3 nitrogen and oxygen atoms in total. The molecule has 0 aliphatic rings. The maximum atomic E-state index is 9.54. The van der Waals surface area contributed by atoms with Crippen LogP contribution in [0.4, 0.5) is 0 Å². The fourth-order valence-corrected chi connectivity index (χ4v) is 1.49. The first-order valence-electron chi connectivity index (χ1n) is 5.32. The Morgan fingerprint density at radius 1 is 1.41 bits per heavy atom. The van der Waals surface area contributed by atoms with Crippen molar-refractivity contribution in [3.8, 4) is 0 Å². The Morgan fingerprint density at radius 3 is 2.47 bits per heavy atom. The molecule has 0 fully saturated rings. The minimum atomic E-state index is -0.796. The summed E-state index contributed by atoms with van der Waals surface area (Å²) in [5.74, 6) is 0. The van der Waals surface area contributed by atoms with Gasteiger partial charge in [0, 0.05) is 22.5 Å². The third-order valence-corrected chi connectivity index (χ3v) is 2.59. The number of hydrogen-bond donors (Lipinski definition) is 2. The van der Waals surface area contributed by atoms with Crippen LogP contribution in [0.25, 0.3) is 5.57 Å². The van der Waals surface area contributed by atoms with E-state index in [9.17, 15) is 5.11 Å². The van der Waals surface area contributed by atoms with Gasteiger partial charge in [0.05, 0.1) is 12.1 Å². The monoisotopic (exact) mass is 296 g/mol. The van der Waals surface area contributed by atoms with E-state index in [0.29, 0.717) is 6.54 Å². The van der Waals surface area contributed by atoms with Gasteiger partial charge in [-0.15, -0.1) is 0 Å². The molecule has 0 aliphatic carbocycles. The Morgan fingerprint density at radius 2 is 2.00 bits per heavy atom. The average molecular weight is 297 g/mol. The number of aliphatic imine (C=N–C) groups is 1. The Labute approximate surface area is 110 Å². The summed E-state index contributed by atoms with van der Waals surface area (Å²) in [6.07, 6.45) is 3.19. The van der Waals surface area contributed by atoms with Gasteiger partial charge in [-0.05, 0) is 31.5 Å². The zero-order valence-electron chi connectivity index (χ0n) is 10.0. The highest BCUT2D eigenvalue weighted by Crippen LogP contribution is 2.16. The average Bonchev–Trinajstić information content (AvgIpc) is 2.24. The number of allylic oxidation sites excluding steroid dienone is 1. The van der Waals surface area contributed by atoms with Crippen LogP contribution in [0.5, 0.6) is 0 Å². The van der Waals surface area contributed by atoms with Crippen LogP contribution < -0.4 is 5.73 Å². The third-order valence-electron chi connectivity index (χ3n) is 2.07. The predicted octanol–water partition coefficient (Wildman–Crippen LogP) is 2.59. The summed E-state index contributed by atoms with van der Waals surface area (Å²) in [6.45, 7) is 3.78. The molecule has 0 bridgehead atoms. The molecule has 0 radical (unpaired) electrons. The van der Waals surface area contributed by atoms with Gasteiger partial charge >= 0.3 is 0 Å². The Hall–Kier alpha value is -1.13. The molecule has 17 heavy (non-hydrogen) atoms. The van der Waals surface area contributed by atoms with E-state index in [-0.39, 0.29) is 0 Å². The summed E-state index contributed by atoms with van der Waals surface area (Å²) in [7, 11) is 0. The van der Waals surface area contributed by atoms with Crippen molar-refractivity contribution in [1.82, 2.24) is 0 Å². The van der Waals surface area contributed by atoms with Crippen LogP contribution in [-0.4, -0.2) is 23.5 Å². The van der Waals surface area contributed by atoms with E-state index >= 15 is 0 Å². The molecule has 0 saturated carbocycles. The fraction of sp³-hybridized carbons (Fsp3) is 0.308. The zero-order chi connectivity index (χ0) is 12.9. The number of halogens is 1. The molecular weight excluding hydrogens is 280 g/mol. The van der Waals surface area contributed by atoms with Gasteiger partial charge in [-0.25, -0.2) is 0 Å². The number of rotatable bonds is 4. The summed E-state index contributed by atoms with van der Waals surface area (Å²) < 4.78 is 1.02. The molecule has 1 aromatic carbocycles. The number of benzene rings is 1. The minimum Gasteiger partial charge on any atom is -0.404 e. The van der Waals surface area contributed by atoms with Gasteiger partial charge in [-0.3, -0.25) is 4.99 Å². The number of hydrogen-bond acceptors (Lipinski definition) is 3. The summed E-state index contributed by atoms with van der Waals surface area (Å²) in [6, 6.07) is 7.81. The van der Waals surface area contributed by atoms with Gasteiger partial charge in [0.25, 0.3) is 0 Å². The van der Waals surface area contributed by atoms with Crippen LogP contribution in [0.3, 0.4) is 0 Å². The lowest BCUT2D eigenvalue weighted by Gasteiger charge is -2.12. The quantitative estimate of drug-likeness (QED) is 0.839. The molecule has 0 unspecified atom stereocenters. The van der Waals surface area contributed by atoms with Crippen molar-refractivity contribution < 1.29 is 5.11 Å². The van der Waals surface area contributed by atoms with E-state index in [1.807, 2.05) is 24.3 Å². The molecule has 4 heteroatoms. The topological polar surface area (TPSA) is 58.6 Å². The van der Waals surface area contributed by atoms with Crippen LogP contribution in [0.15, 0.2) is 39.9 Å². The summed E-state index contributed by atoms with van der Waals surface area (Å²) in [5.41, 5.74) is 6.60. The van der Waals surface area contributed by atoms with Crippen molar-refractivity contribution in [1.29, 1.82) is 0 Å². The fourth-order valence-electron chi connectivity index (χ4n) is 1.22. The zero-order valence-corrected chi connectivity index (χ0v) is 11.6. The second-order valence-electron chi connectivity index (χ2n) is 4.41. The first-order valence-corrected chi connectivity index (χ1v) is 6.12. The van der Waals surface area contributed by atoms with Crippen molar-refractivity contribution in [2.75, 3.05) is 6.54 Å². The molecule has 0 saturated heterocycles. The first kappa shape index (κ1) is 13.9. The van der Waals surface area contributed by atoms with Crippen LogP contribution in [0.1, 0.15) is 19.4 Å². The molecule has 0 aromatic heterocycles. The van der Waals surface area contributed by atoms with E-state index in [2.05, 4.69) is 20.9 Å².